The molecule has 0 radical (unpaired) electrons. The minimum absolute atomic E-state index is 0. The van der Waals surface area contributed by atoms with E-state index in [2.05, 4.69) is 20.9 Å². The molecule has 1 aliphatic rings. The van der Waals surface area contributed by atoms with Gasteiger partial charge < -0.3 is 20.7 Å². The standard InChI is InChI=1S/C18H28N4O2.HI/c1-19-17(23)16-8-6-14(7-9-16)12-22-18(20-2)21-10-3-11-24-13-15-4-5-15;/h6-9,15H,3-5,10-13H2,1-2H3,(H,19,23)(H2,20,21,22);1H. The second kappa shape index (κ2) is 12.1. The molecule has 1 aromatic rings. The molecule has 3 N–H and O–H groups in total. The van der Waals surface area contributed by atoms with E-state index in [1.54, 1.807) is 14.1 Å². The van der Waals surface area contributed by atoms with Crippen molar-refractivity contribution >= 4 is 35.8 Å². The number of halogens is 1. The van der Waals surface area contributed by atoms with Crippen molar-refractivity contribution in [3.63, 3.8) is 0 Å². The number of benzene rings is 1. The highest BCUT2D eigenvalue weighted by Gasteiger charge is 2.20. The quantitative estimate of drug-likeness (QED) is 0.229. The summed E-state index contributed by atoms with van der Waals surface area (Å²) in [7, 11) is 3.39. The third-order valence-electron chi connectivity index (χ3n) is 3.94. The zero-order valence-corrected chi connectivity index (χ0v) is 17.3. The number of carbonyl (C=O) groups excluding carboxylic acids is 1. The maximum atomic E-state index is 11.5. The number of nitrogens with one attached hydrogen (secondary N) is 3. The molecule has 0 bridgehead atoms. The summed E-state index contributed by atoms with van der Waals surface area (Å²) in [6.45, 7) is 3.20. The van der Waals surface area contributed by atoms with Crippen molar-refractivity contribution in [2.24, 2.45) is 10.9 Å². The summed E-state index contributed by atoms with van der Waals surface area (Å²) in [6, 6.07) is 7.53. The lowest BCUT2D eigenvalue weighted by Gasteiger charge is -2.12. The van der Waals surface area contributed by atoms with E-state index in [9.17, 15) is 4.79 Å². The Bertz CT molecular complexity index is 545. The van der Waals surface area contributed by atoms with Crippen molar-refractivity contribution in [1.29, 1.82) is 0 Å². The van der Waals surface area contributed by atoms with E-state index in [1.165, 1.54) is 12.8 Å². The van der Waals surface area contributed by atoms with Gasteiger partial charge in [0.2, 0.25) is 0 Å². The van der Waals surface area contributed by atoms with Crippen molar-refractivity contribution in [3.05, 3.63) is 35.4 Å². The van der Waals surface area contributed by atoms with Gasteiger partial charge in [-0.1, -0.05) is 12.1 Å². The van der Waals surface area contributed by atoms with Crippen LogP contribution in [0.3, 0.4) is 0 Å². The van der Waals surface area contributed by atoms with Gasteiger partial charge in [0.15, 0.2) is 5.96 Å². The van der Waals surface area contributed by atoms with Gasteiger partial charge in [-0.25, -0.2) is 0 Å². The van der Waals surface area contributed by atoms with Gasteiger partial charge in [-0.2, -0.15) is 0 Å². The van der Waals surface area contributed by atoms with E-state index < -0.39 is 0 Å². The van der Waals surface area contributed by atoms with Crippen molar-refractivity contribution < 1.29 is 9.53 Å². The molecule has 1 fully saturated rings. The monoisotopic (exact) mass is 460 g/mol. The van der Waals surface area contributed by atoms with Gasteiger partial charge in [0.1, 0.15) is 0 Å². The first-order valence-corrected chi connectivity index (χ1v) is 8.56. The van der Waals surface area contributed by atoms with Crippen molar-refractivity contribution in [1.82, 2.24) is 16.0 Å². The number of nitrogens with zero attached hydrogens (tertiary/aromatic N) is 1. The highest BCUT2D eigenvalue weighted by Crippen LogP contribution is 2.28. The number of amides is 1. The zero-order valence-electron chi connectivity index (χ0n) is 15.0. The van der Waals surface area contributed by atoms with Gasteiger partial charge in [0.05, 0.1) is 0 Å². The van der Waals surface area contributed by atoms with Gasteiger partial charge in [-0.3, -0.25) is 9.79 Å². The van der Waals surface area contributed by atoms with E-state index in [1.807, 2.05) is 24.3 Å². The Labute approximate surface area is 167 Å². The molecular formula is C18H29IN4O2. The first-order valence-electron chi connectivity index (χ1n) is 8.56. The zero-order chi connectivity index (χ0) is 17.2. The first kappa shape index (κ1) is 21.7. The molecule has 1 saturated carbocycles. The predicted molar refractivity (Wildman–Crippen MR) is 112 cm³/mol. The van der Waals surface area contributed by atoms with E-state index in [4.69, 9.17) is 4.74 Å². The van der Waals surface area contributed by atoms with E-state index in [0.29, 0.717) is 12.1 Å². The van der Waals surface area contributed by atoms with Gasteiger partial charge >= 0.3 is 0 Å². The SMILES string of the molecule is CN=C(NCCCOCC1CC1)NCc1ccc(C(=O)NC)cc1.I. The number of aliphatic imine (C=N–C) groups is 1. The third-order valence-corrected chi connectivity index (χ3v) is 3.94. The lowest BCUT2D eigenvalue weighted by molar-refractivity contribution is 0.0963. The second-order valence-electron chi connectivity index (χ2n) is 6.00. The molecule has 0 aromatic heterocycles. The molecule has 0 saturated heterocycles. The maximum Gasteiger partial charge on any atom is 0.251 e. The number of guanidine groups is 1. The van der Waals surface area contributed by atoms with Gasteiger partial charge in [0, 0.05) is 46.0 Å². The van der Waals surface area contributed by atoms with Crippen molar-refractivity contribution in [2.45, 2.75) is 25.8 Å². The summed E-state index contributed by atoms with van der Waals surface area (Å²) in [5.74, 6) is 1.52. The molecule has 6 nitrogen and oxygen atoms in total. The molecule has 7 heteroatoms. The van der Waals surface area contributed by atoms with Crippen LogP contribution in [0.5, 0.6) is 0 Å². The fraction of sp³-hybridized carbons (Fsp3) is 0.556. The van der Waals surface area contributed by atoms with Crippen LogP contribution < -0.4 is 16.0 Å². The largest absolute Gasteiger partial charge is 0.381 e. The van der Waals surface area contributed by atoms with E-state index >= 15 is 0 Å². The first-order chi connectivity index (χ1) is 11.7. The topological polar surface area (TPSA) is 74.8 Å². The summed E-state index contributed by atoms with van der Waals surface area (Å²) in [4.78, 5) is 15.7. The van der Waals surface area contributed by atoms with Gasteiger partial charge in [-0.05, 0) is 42.9 Å². The molecule has 1 amide bonds. The lowest BCUT2D eigenvalue weighted by Crippen LogP contribution is -2.37. The summed E-state index contributed by atoms with van der Waals surface area (Å²) in [5.41, 5.74) is 1.76. The number of hydrogen-bond acceptors (Lipinski definition) is 3. The average Bonchev–Trinajstić information content (AvgIpc) is 3.44. The predicted octanol–water partition coefficient (Wildman–Crippen LogP) is 2.15. The van der Waals surface area contributed by atoms with Gasteiger partial charge in [0.25, 0.3) is 5.91 Å². The molecule has 0 atom stereocenters. The minimum atomic E-state index is -0.0732. The number of hydrogen-bond donors (Lipinski definition) is 3. The summed E-state index contributed by atoms with van der Waals surface area (Å²) in [6.07, 6.45) is 3.63. The van der Waals surface area contributed by atoms with Crippen LogP contribution in [0.2, 0.25) is 0 Å². The maximum absolute atomic E-state index is 11.5. The van der Waals surface area contributed by atoms with Crippen LogP contribution in [-0.4, -0.2) is 45.7 Å². The molecule has 1 aliphatic carbocycles. The molecule has 0 aliphatic heterocycles. The van der Waals surface area contributed by atoms with Crippen LogP contribution in [0, 0.1) is 5.92 Å². The molecule has 140 valence electrons. The molecule has 0 unspecified atom stereocenters. The molecule has 25 heavy (non-hydrogen) atoms. The second-order valence-corrected chi connectivity index (χ2v) is 6.00. The number of carbonyl (C=O) groups is 1. The fourth-order valence-corrected chi connectivity index (χ4v) is 2.24. The minimum Gasteiger partial charge on any atom is -0.381 e. The lowest BCUT2D eigenvalue weighted by atomic mass is 10.1. The Kier molecular flexibility index (Phi) is 10.5. The van der Waals surface area contributed by atoms with E-state index in [-0.39, 0.29) is 29.9 Å². The highest BCUT2D eigenvalue weighted by molar-refractivity contribution is 14.0. The van der Waals surface area contributed by atoms with Crippen LogP contribution in [0.1, 0.15) is 35.2 Å². The Morgan fingerprint density at radius 1 is 1.24 bits per heavy atom. The average molecular weight is 460 g/mol. The smallest absolute Gasteiger partial charge is 0.251 e. The van der Waals surface area contributed by atoms with Crippen LogP contribution >= 0.6 is 24.0 Å². The molecule has 0 heterocycles. The van der Waals surface area contributed by atoms with E-state index in [0.717, 1.165) is 43.6 Å². The Morgan fingerprint density at radius 2 is 1.96 bits per heavy atom. The summed E-state index contributed by atoms with van der Waals surface area (Å²) < 4.78 is 5.61. The van der Waals surface area contributed by atoms with Crippen LogP contribution in [0.25, 0.3) is 0 Å². The number of ether oxygens (including phenoxy) is 1. The molecular weight excluding hydrogens is 431 g/mol. The molecule has 0 spiro atoms. The highest BCUT2D eigenvalue weighted by atomic mass is 127. The van der Waals surface area contributed by atoms with Crippen LogP contribution in [0.15, 0.2) is 29.3 Å². The third kappa shape index (κ3) is 8.53. The Hall–Kier alpha value is -1.35. The van der Waals surface area contributed by atoms with Crippen LogP contribution in [-0.2, 0) is 11.3 Å². The number of rotatable bonds is 9. The summed E-state index contributed by atoms with van der Waals surface area (Å²) >= 11 is 0. The molecule has 1 aromatic carbocycles. The van der Waals surface area contributed by atoms with Crippen molar-refractivity contribution in [2.75, 3.05) is 33.9 Å². The molecule has 2 rings (SSSR count). The van der Waals surface area contributed by atoms with Gasteiger partial charge in [-0.15, -0.1) is 24.0 Å². The Balaban J connectivity index is 0.00000312. The van der Waals surface area contributed by atoms with Crippen molar-refractivity contribution in [3.8, 4) is 0 Å². The fourth-order valence-electron chi connectivity index (χ4n) is 2.24. The Morgan fingerprint density at radius 3 is 2.56 bits per heavy atom. The summed E-state index contributed by atoms with van der Waals surface area (Å²) in [5, 5.41) is 9.16. The van der Waals surface area contributed by atoms with Crippen LogP contribution in [0.4, 0.5) is 0 Å². The normalized spacial score (nSPS) is 13.8.